The van der Waals surface area contributed by atoms with Crippen LogP contribution in [-0.4, -0.2) is 68.6 Å². The molecule has 0 spiro atoms. The Hall–Kier alpha value is -1.59. The second-order valence-corrected chi connectivity index (χ2v) is 6.77. The van der Waals surface area contributed by atoms with E-state index in [0.717, 1.165) is 64.6 Å². The van der Waals surface area contributed by atoms with Gasteiger partial charge >= 0.3 is 0 Å². The van der Waals surface area contributed by atoms with Crippen LogP contribution in [0.25, 0.3) is 0 Å². The fourth-order valence-corrected chi connectivity index (χ4v) is 3.27. The van der Waals surface area contributed by atoms with Crippen molar-refractivity contribution in [1.29, 1.82) is 0 Å². The second-order valence-electron chi connectivity index (χ2n) is 6.77. The first kappa shape index (κ1) is 19.7. The van der Waals surface area contributed by atoms with Gasteiger partial charge in [-0.25, -0.2) is 0 Å². The molecule has 0 radical (unpaired) electrons. The molecule has 2 N–H and O–H groups in total. The van der Waals surface area contributed by atoms with Crippen LogP contribution in [0.2, 0.25) is 0 Å². The van der Waals surface area contributed by atoms with Crippen molar-refractivity contribution in [3.63, 3.8) is 0 Å². The first-order valence-electron chi connectivity index (χ1n) is 9.74. The highest BCUT2D eigenvalue weighted by Crippen LogP contribution is 2.24. The number of hydrogen-bond donors (Lipinski definition) is 2. The van der Waals surface area contributed by atoms with E-state index in [1.165, 1.54) is 5.56 Å². The van der Waals surface area contributed by atoms with E-state index in [-0.39, 0.29) is 0 Å². The summed E-state index contributed by atoms with van der Waals surface area (Å²) in [4.78, 5) is 9.63. The highest BCUT2D eigenvalue weighted by molar-refractivity contribution is 5.79. The van der Waals surface area contributed by atoms with Crippen LogP contribution >= 0.6 is 0 Å². The largest absolute Gasteiger partial charge is 0.357 e. The molecule has 1 aliphatic heterocycles. The van der Waals surface area contributed by atoms with Crippen molar-refractivity contribution in [3.8, 4) is 0 Å². The Kier molecular flexibility index (Phi) is 8.77. The Balaban J connectivity index is 1.83. The zero-order valence-corrected chi connectivity index (χ0v) is 16.2. The van der Waals surface area contributed by atoms with Crippen molar-refractivity contribution in [3.05, 3.63) is 35.9 Å². The number of aliphatic imine (C=N–C) groups is 1. The first-order valence-corrected chi connectivity index (χ1v) is 9.74. The highest BCUT2D eigenvalue weighted by Gasteiger charge is 2.25. The third-order valence-corrected chi connectivity index (χ3v) is 4.63. The maximum Gasteiger partial charge on any atom is 0.191 e. The van der Waals surface area contributed by atoms with Crippen molar-refractivity contribution in [2.75, 3.05) is 52.9 Å². The molecule has 1 aromatic rings. The predicted octanol–water partition coefficient (Wildman–Crippen LogP) is 2.33. The number of likely N-dealkylation sites (N-methyl/N-ethyl adjacent to an activating group) is 1. The number of guanidine groups is 1. The van der Waals surface area contributed by atoms with Crippen LogP contribution in [0.15, 0.2) is 35.3 Å². The number of piperazine rings is 1. The monoisotopic (exact) mass is 345 g/mol. The predicted molar refractivity (Wildman–Crippen MR) is 107 cm³/mol. The van der Waals surface area contributed by atoms with E-state index in [9.17, 15) is 0 Å². The van der Waals surface area contributed by atoms with Gasteiger partial charge in [0.15, 0.2) is 5.96 Å². The Bertz CT molecular complexity index is 502. The van der Waals surface area contributed by atoms with Crippen LogP contribution in [0.1, 0.15) is 38.3 Å². The molecule has 0 bridgehead atoms. The zero-order chi connectivity index (χ0) is 17.9. The van der Waals surface area contributed by atoms with Crippen LogP contribution in [-0.2, 0) is 0 Å². The van der Waals surface area contributed by atoms with Gasteiger partial charge in [0.1, 0.15) is 0 Å². The molecule has 25 heavy (non-hydrogen) atoms. The summed E-state index contributed by atoms with van der Waals surface area (Å²) in [7, 11) is 2.22. The summed E-state index contributed by atoms with van der Waals surface area (Å²) >= 11 is 0. The van der Waals surface area contributed by atoms with Crippen LogP contribution in [0, 0.1) is 0 Å². The summed E-state index contributed by atoms with van der Waals surface area (Å²) in [6, 6.07) is 11.4. The summed E-state index contributed by atoms with van der Waals surface area (Å²) in [5.74, 6) is 0.947. The summed E-state index contributed by atoms with van der Waals surface area (Å²) < 4.78 is 0. The molecule has 1 aliphatic rings. The van der Waals surface area contributed by atoms with Gasteiger partial charge in [0.25, 0.3) is 0 Å². The van der Waals surface area contributed by atoms with E-state index < -0.39 is 0 Å². The summed E-state index contributed by atoms with van der Waals surface area (Å²) in [5, 5.41) is 6.78. The second kappa shape index (κ2) is 11.1. The van der Waals surface area contributed by atoms with Crippen molar-refractivity contribution < 1.29 is 0 Å². The molecule has 0 aromatic heterocycles. The molecule has 1 heterocycles. The number of hydrogen-bond acceptors (Lipinski definition) is 3. The van der Waals surface area contributed by atoms with E-state index in [2.05, 4.69) is 76.7 Å². The number of nitrogens with one attached hydrogen (secondary N) is 2. The lowest BCUT2D eigenvalue weighted by Crippen LogP contribution is -2.47. The van der Waals surface area contributed by atoms with Crippen LogP contribution in [0.3, 0.4) is 0 Å². The SMILES string of the molecule is CCCN=C(NCC)NCCCN1CCN(C)CC1c1ccccc1. The molecule has 5 heteroatoms. The Morgan fingerprint density at radius 3 is 2.68 bits per heavy atom. The number of rotatable bonds is 8. The van der Waals surface area contributed by atoms with Gasteiger partial charge in [0, 0.05) is 51.9 Å². The van der Waals surface area contributed by atoms with Crippen LogP contribution in [0.4, 0.5) is 0 Å². The van der Waals surface area contributed by atoms with E-state index >= 15 is 0 Å². The minimum Gasteiger partial charge on any atom is -0.357 e. The minimum absolute atomic E-state index is 0.502. The fraction of sp³-hybridized carbons (Fsp3) is 0.650. The smallest absolute Gasteiger partial charge is 0.191 e. The quantitative estimate of drug-likeness (QED) is 0.431. The lowest BCUT2D eigenvalue weighted by Gasteiger charge is -2.40. The van der Waals surface area contributed by atoms with Gasteiger partial charge in [0.05, 0.1) is 0 Å². The third-order valence-electron chi connectivity index (χ3n) is 4.63. The molecule has 140 valence electrons. The Morgan fingerprint density at radius 2 is 1.96 bits per heavy atom. The molecular formula is C20H35N5. The molecule has 2 rings (SSSR count). The molecular weight excluding hydrogens is 310 g/mol. The zero-order valence-electron chi connectivity index (χ0n) is 16.2. The van der Waals surface area contributed by atoms with Gasteiger partial charge in [-0.1, -0.05) is 37.3 Å². The average Bonchev–Trinajstić information content (AvgIpc) is 2.64. The summed E-state index contributed by atoms with van der Waals surface area (Å²) in [6.07, 6.45) is 2.21. The summed E-state index contributed by atoms with van der Waals surface area (Å²) in [5.41, 5.74) is 1.43. The van der Waals surface area contributed by atoms with Crippen molar-refractivity contribution in [1.82, 2.24) is 20.4 Å². The molecule has 1 unspecified atom stereocenters. The molecule has 1 saturated heterocycles. The van der Waals surface area contributed by atoms with Crippen molar-refractivity contribution >= 4 is 5.96 Å². The van der Waals surface area contributed by atoms with Crippen LogP contribution in [0.5, 0.6) is 0 Å². The maximum absolute atomic E-state index is 4.56. The number of nitrogens with zero attached hydrogens (tertiary/aromatic N) is 3. The molecule has 1 aromatic carbocycles. The van der Waals surface area contributed by atoms with Gasteiger partial charge in [-0.2, -0.15) is 0 Å². The van der Waals surface area contributed by atoms with Gasteiger partial charge in [-0.3, -0.25) is 9.89 Å². The van der Waals surface area contributed by atoms with Crippen molar-refractivity contribution in [2.24, 2.45) is 4.99 Å². The van der Waals surface area contributed by atoms with Crippen molar-refractivity contribution in [2.45, 2.75) is 32.7 Å². The molecule has 0 amide bonds. The van der Waals surface area contributed by atoms with Gasteiger partial charge in [0.2, 0.25) is 0 Å². The average molecular weight is 346 g/mol. The van der Waals surface area contributed by atoms with Crippen LogP contribution < -0.4 is 10.6 Å². The first-order chi connectivity index (χ1) is 12.2. The molecule has 5 nitrogen and oxygen atoms in total. The van der Waals surface area contributed by atoms with E-state index in [4.69, 9.17) is 0 Å². The normalized spacial score (nSPS) is 19.8. The topological polar surface area (TPSA) is 42.9 Å². The van der Waals surface area contributed by atoms with E-state index in [1.807, 2.05) is 0 Å². The minimum atomic E-state index is 0.502. The lowest BCUT2D eigenvalue weighted by molar-refractivity contribution is 0.0891. The molecule has 0 saturated carbocycles. The number of benzene rings is 1. The molecule has 1 fully saturated rings. The maximum atomic E-state index is 4.56. The fourth-order valence-electron chi connectivity index (χ4n) is 3.27. The van der Waals surface area contributed by atoms with Gasteiger partial charge in [-0.05, 0) is 32.4 Å². The van der Waals surface area contributed by atoms with Gasteiger partial charge < -0.3 is 15.5 Å². The van der Waals surface area contributed by atoms with Gasteiger partial charge in [-0.15, -0.1) is 0 Å². The Labute approximate surface area is 153 Å². The van der Waals surface area contributed by atoms with E-state index in [0.29, 0.717) is 6.04 Å². The molecule has 1 atom stereocenters. The van der Waals surface area contributed by atoms with E-state index in [1.54, 1.807) is 0 Å². The lowest BCUT2D eigenvalue weighted by atomic mass is 10.0. The Morgan fingerprint density at radius 1 is 1.16 bits per heavy atom. The molecule has 0 aliphatic carbocycles. The standard InChI is InChI=1S/C20H35N5/c1-4-12-22-20(21-5-2)23-13-9-14-25-16-15-24(3)17-19(25)18-10-7-6-8-11-18/h6-8,10-11,19H,4-5,9,12-17H2,1-3H3,(H2,21,22,23). The third kappa shape index (κ3) is 6.67. The highest BCUT2D eigenvalue weighted by atomic mass is 15.3. The summed E-state index contributed by atoms with van der Waals surface area (Å²) in [6.45, 7) is 11.5.